The number of methoxy groups -OCH3 is 1. The van der Waals surface area contributed by atoms with Crippen LogP contribution in [0.5, 0.6) is 5.75 Å². The highest BCUT2D eigenvalue weighted by Crippen LogP contribution is 2.12. The van der Waals surface area contributed by atoms with Crippen molar-refractivity contribution in [2.24, 2.45) is 5.92 Å². The molecule has 0 aliphatic heterocycles. The number of amides is 2. The molecule has 0 aliphatic carbocycles. The number of carbonyl (C=O) groups excluding carboxylic acids is 2. The number of ether oxygens (including phenoxy) is 2. The molecule has 144 valence electrons. The van der Waals surface area contributed by atoms with Crippen molar-refractivity contribution < 1.29 is 19.1 Å². The molecule has 0 saturated heterocycles. The first-order chi connectivity index (χ1) is 13.0. The molecule has 2 amide bonds. The Morgan fingerprint density at radius 1 is 1.00 bits per heavy atom. The Kier molecular flexibility index (Phi) is 7.67. The predicted octanol–water partition coefficient (Wildman–Crippen LogP) is 3.26. The van der Waals surface area contributed by atoms with Crippen LogP contribution in [0.1, 0.15) is 25.0 Å². The van der Waals surface area contributed by atoms with Crippen LogP contribution < -0.4 is 15.4 Å². The highest BCUT2D eigenvalue weighted by molar-refractivity contribution is 5.85. The lowest BCUT2D eigenvalue weighted by Crippen LogP contribution is -2.49. The molecule has 0 saturated carbocycles. The van der Waals surface area contributed by atoms with Gasteiger partial charge in [0.15, 0.2) is 0 Å². The molecule has 0 aliphatic rings. The van der Waals surface area contributed by atoms with E-state index in [2.05, 4.69) is 10.6 Å². The number of hydrogen-bond donors (Lipinski definition) is 2. The molecule has 2 N–H and O–H groups in total. The number of alkyl carbamates (subject to hydrolysis) is 1. The van der Waals surface area contributed by atoms with Gasteiger partial charge in [0, 0.05) is 6.54 Å². The lowest BCUT2D eigenvalue weighted by atomic mass is 10.0. The summed E-state index contributed by atoms with van der Waals surface area (Å²) in [7, 11) is 1.59. The third-order valence-electron chi connectivity index (χ3n) is 4.04. The van der Waals surface area contributed by atoms with Gasteiger partial charge in [-0.25, -0.2) is 4.79 Å². The van der Waals surface area contributed by atoms with Crippen LogP contribution in [0, 0.1) is 5.92 Å². The minimum Gasteiger partial charge on any atom is -0.497 e. The van der Waals surface area contributed by atoms with Crippen molar-refractivity contribution in [3.63, 3.8) is 0 Å². The van der Waals surface area contributed by atoms with E-state index >= 15 is 0 Å². The highest BCUT2D eigenvalue weighted by Gasteiger charge is 2.24. The molecule has 27 heavy (non-hydrogen) atoms. The molecular weight excluding hydrogens is 344 g/mol. The fourth-order valence-corrected chi connectivity index (χ4v) is 2.51. The first-order valence-electron chi connectivity index (χ1n) is 8.87. The first-order valence-corrected chi connectivity index (χ1v) is 8.87. The first kappa shape index (κ1) is 20.3. The lowest BCUT2D eigenvalue weighted by Gasteiger charge is -2.21. The van der Waals surface area contributed by atoms with Gasteiger partial charge in [-0.3, -0.25) is 4.79 Å². The molecule has 0 heterocycles. The molecule has 0 unspecified atom stereocenters. The monoisotopic (exact) mass is 370 g/mol. The maximum atomic E-state index is 12.5. The Labute approximate surface area is 159 Å². The van der Waals surface area contributed by atoms with E-state index in [9.17, 15) is 9.59 Å². The minimum atomic E-state index is -0.682. The van der Waals surface area contributed by atoms with Crippen molar-refractivity contribution in [1.82, 2.24) is 10.6 Å². The average Bonchev–Trinajstić information content (AvgIpc) is 2.69. The Morgan fingerprint density at radius 3 is 2.37 bits per heavy atom. The molecule has 2 rings (SSSR count). The molecule has 2 aromatic carbocycles. The standard InChI is InChI=1S/C21H26N2O4/c1-15(2)19(23-21(25)27-14-16-8-5-4-6-9-16)20(24)22-13-17-10-7-11-18(12-17)26-3/h4-12,15,19H,13-14H2,1-3H3,(H,22,24)(H,23,25)/t19-/m0/s1. The molecule has 0 radical (unpaired) electrons. The van der Waals surface area contributed by atoms with Gasteiger partial charge in [-0.1, -0.05) is 56.3 Å². The Hall–Kier alpha value is -3.02. The van der Waals surface area contributed by atoms with Crippen LogP contribution >= 0.6 is 0 Å². The normalized spacial score (nSPS) is 11.6. The fraction of sp³-hybridized carbons (Fsp3) is 0.333. The largest absolute Gasteiger partial charge is 0.497 e. The fourth-order valence-electron chi connectivity index (χ4n) is 2.51. The summed E-state index contributed by atoms with van der Waals surface area (Å²) in [6, 6.07) is 16.2. The summed E-state index contributed by atoms with van der Waals surface area (Å²) < 4.78 is 10.4. The Bertz CT molecular complexity index is 747. The molecule has 0 bridgehead atoms. The van der Waals surface area contributed by atoms with Gasteiger partial charge in [0.05, 0.1) is 7.11 Å². The maximum Gasteiger partial charge on any atom is 0.408 e. The molecule has 2 aromatic rings. The van der Waals surface area contributed by atoms with E-state index in [1.165, 1.54) is 0 Å². The molecule has 0 spiro atoms. The second-order valence-electron chi connectivity index (χ2n) is 6.50. The number of rotatable bonds is 8. The van der Waals surface area contributed by atoms with Crippen LogP contribution in [0.4, 0.5) is 4.79 Å². The van der Waals surface area contributed by atoms with Crippen LogP contribution in [-0.2, 0) is 22.7 Å². The molecule has 0 fully saturated rings. The molecule has 6 heteroatoms. The number of hydrogen-bond acceptors (Lipinski definition) is 4. The smallest absolute Gasteiger partial charge is 0.408 e. The van der Waals surface area contributed by atoms with E-state index in [1.807, 2.05) is 68.4 Å². The minimum absolute atomic E-state index is 0.0837. The van der Waals surface area contributed by atoms with Gasteiger partial charge in [0.2, 0.25) is 5.91 Å². The summed E-state index contributed by atoms with van der Waals surface area (Å²) in [6.45, 7) is 4.24. The summed E-state index contributed by atoms with van der Waals surface area (Å²) in [5.74, 6) is 0.383. The quantitative estimate of drug-likeness (QED) is 0.748. The molecule has 6 nitrogen and oxygen atoms in total. The summed E-state index contributed by atoms with van der Waals surface area (Å²) >= 11 is 0. The average molecular weight is 370 g/mol. The van der Waals surface area contributed by atoms with Gasteiger partial charge in [-0.2, -0.15) is 0 Å². The predicted molar refractivity (Wildman–Crippen MR) is 103 cm³/mol. The van der Waals surface area contributed by atoms with E-state index in [0.29, 0.717) is 6.54 Å². The SMILES string of the molecule is COc1cccc(CNC(=O)[C@@H](NC(=O)OCc2ccccc2)C(C)C)c1. The lowest BCUT2D eigenvalue weighted by molar-refractivity contribution is -0.124. The summed E-state index contributed by atoms with van der Waals surface area (Å²) in [6.07, 6.45) is -0.617. The van der Waals surface area contributed by atoms with Gasteiger partial charge >= 0.3 is 6.09 Å². The van der Waals surface area contributed by atoms with Crippen molar-refractivity contribution in [3.05, 3.63) is 65.7 Å². The zero-order chi connectivity index (χ0) is 19.6. The summed E-state index contributed by atoms with van der Waals surface area (Å²) in [5, 5.41) is 5.49. The second kappa shape index (κ2) is 10.2. The van der Waals surface area contributed by atoms with Crippen molar-refractivity contribution in [2.75, 3.05) is 7.11 Å². The van der Waals surface area contributed by atoms with Gasteiger partial charge in [-0.15, -0.1) is 0 Å². The number of benzene rings is 2. The van der Waals surface area contributed by atoms with E-state index in [1.54, 1.807) is 7.11 Å². The van der Waals surface area contributed by atoms with Crippen LogP contribution in [0.3, 0.4) is 0 Å². The van der Waals surface area contributed by atoms with Crippen molar-refractivity contribution in [3.8, 4) is 5.75 Å². The van der Waals surface area contributed by atoms with Gasteiger partial charge in [0.25, 0.3) is 0 Å². The molecule has 0 aromatic heterocycles. The Morgan fingerprint density at radius 2 is 1.70 bits per heavy atom. The number of carbonyl (C=O) groups is 2. The maximum absolute atomic E-state index is 12.5. The second-order valence-corrected chi connectivity index (χ2v) is 6.50. The molecular formula is C21H26N2O4. The van der Waals surface area contributed by atoms with Gasteiger partial charge in [0.1, 0.15) is 18.4 Å². The summed E-state index contributed by atoms with van der Waals surface area (Å²) in [5.41, 5.74) is 1.80. The number of nitrogens with one attached hydrogen (secondary N) is 2. The zero-order valence-electron chi connectivity index (χ0n) is 15.9. The molecule has 1 atom stereocenters. The third kappa shape index (κ3) is 6.66. The van der Waals surface area contributed by atoms with Crippen molar-refractivity contribution >= 4 is 12.0 Å². The van der Waals surface area contributed by atoms with E-state index in [4.69, 9.17) is 9.47 Å². The van der Waals surface area contributed by atoms with Gasteiger partial charge in [-0.05, 0) is 29.2 Å². The third-order valence-corrected chi connectivity index (χ3v) is 4.04. The van der Waals surface area contributed by atoms with Crippen LogP contribution in [-0.4, -0.2) is 25.2 Å². The van der Waals surface area contributed by atoms with E-state index in [0.717, 1.165) is 16.9 Å². The van der Waals surface area contributed by atoms with E-state index < -0.39 is 12.1 Å². The topological polar surface area (TPSA) is 76.7 Å². The van der Waals surface area contributed by atoms with Crippen molar-refractivity contribution in [1.29, 1.82) is 0 Å². The van der Waals surface area contributed by atoms with Crippen molar-refractivity contribution in [2.45, 2.75) is 33.0 Å². The zero-order valence-corrected chi connectivity index (χ0v) is 15.9. The Balaban J connectivity index is 1.87. The van der Waals surface area contributed by atoms with Crippen LogP contribution in [0.25, 0.3) is 0 Å². The summed E-state index contributed by atoms with van der Waals surface area (Å²) in [4.78, 5) is 24.6. The van der Waals surface area contributed by atoms with E-state index in [-0.39, 0.29) is 18.4 Å². The van der Waals surface area contributed by atoms with Crippen LogP contribution in [0.2, 0.25) is 0 Å². The van der Waals surface area contributed by atoms with Crippen LogP contribution in [0.15, 0.2) is 54.6 Å². The highest BCUT2D eigenvalue weighted by atomic mass is 16.5. The van der Waals surface area contributed by atoms with Gasteiger partial charge < -0.3 is 20.1 Å².